The third-order valence-electron chi connectivity index (χ3n) is 7.44. The van der Waals surface area contributed by atoms with Crippen molar-refractivity contribution in [3.05, 3.63) is 83.3 Å². The molecule has 1 N–H and O–H groups in total. The number of hydrogen-bond acceptors (Lipinski definition) is 2. The van der Waals surface area contributed by atoms with Crippen LogP contribution in [0.15, 0.2) is 61.1 Å². The van der Waals surface area contributed by atoms with E-state index in [-0.39, 0.29) is 6.42 Å². The number of halogens is 2. The molecule has 2 aromatic carbocycles. The third-order valence-corrected chi connectivity index (χ3v) is 7.44. The van der Waals surface area contributed by atoms with Gasteiger partial charge in [0, 0.05) is 49.0 Å². The number of H-pyrrole nitrogens is 1. The van der Waals surface area contributed by atoms with Crippen molar-refractivity contribution in [1.82, 2.24) is 19.7 Å². The third kappa shape index (κ3) is 4.64. The van der Waals surface area contributed by atoms with Gasteiger partial charge in [0.25, 0.3) is 0 Å². The van der Waals surface area contributed by atoms with Gasteiger partial charge in [0.15, 0.2) is 0 Å². The number of likely N-dealkylation sites (tertiary alicyclic amines) is 1. The van der Waals surface area contributed by atoms with Crippen molar-refractivity contribution >= 4 is 10.9 Å². The molecule has 2 unspecified atom stereocenters. The Morgan fingerprint density at radius 2 is 1.94 bits per heavy atom. The smallest absolute Gasteiger partial charge is 0.239 e. The molecule has 0 radical (unpaired) electrons. The second-order valence-electron chi connectivity index (χ2n) is 9.64. The molecule has 2 atom stereocenters. The van der Waals surface area contributed by atoms with Crippen LogP contribution < -0.4 is 0 Å². The average molecular weight is 463 g/mol. The highest BCUT2D eigenvalue weighted by atomic mass is 19.3. The number of aromatic amines is 1. The fourth-order valence-electron chi connectivity index (χ4n) is 5.65. The Hall–Kier alpha value is -2.99. The number of piperidine rings is 1. The van der Waals surface area contributed by atoms with Crippen molar-refractivity contribution in [2.24, 2.45) is 5.92 Å². The van der Waals surface area contributed by atoms with Gasteiger partial charge in [0.1, 0.15) is 0 Å². The standard InChI is InChI=1S/C28H32F2N4/c1-19-16-20(2)28-24(8-12-31-28)25(19)17-22-9-14-33(15-10-27(29)30)18-26(22)21-4-6-23(7-5-21)34-13-3-11-32-34/h3-8,11-13,16,22,26-27,31H,9-10,14-15,17-18H2,1-2H3. The molecular weight excluding hydrogens is 430 g/mol. The van der Waals surface area contributed by atoms with Gasteiger partial charge in [-0.05, 0) is 91.6 Å². The predicted molar refractivity (Wildman–Crippen MR) is 133 cm³/mol. The summed E-state index contributed by atoms with van der Waals surface area (Å²) in [4.78, 5) is 5.63. The number of hydrogen-bond donors (Lipinski definition) is 1. The lowest BCUT2D eigenvalue weighted by molar-refractivity contribution is 0.0957. The summed E-state index contributed by atoms with van der Waals surface area (Å²) in [6, 6.07) is 15.0. The van der Waals surface area contributed by atoms with Crippen molar-refractivity contribution in [3.8, 4) is 5.69 Å². The van der Waals surface area contributed by atoms with Gasteiger partial charge < -0.3 is 9.88 Å². The number of rotatable bonds is 7. The van der Waals surface area contributed by atoms with Crippen molar-refractivity contribution in [2.75, 3.05) is 19.6 Å². The molecular formula is C28H32F2N4. The number of nitrogens with zero attached hydrogens (tertiary/aromatic N) is 3. The lowest BCUT2D eigenvalue weighted by Crippen LogP contribution is -2.41. The summed E-state index contributed by atoms with van der Waals surface area (Å²) in [5.74, 6) is 0.755. The number of benzene rings is 2. The van der Waals surface area contributed by atoms with E-state index in [1.54, 1.807) is 6.20 Å². The maximum Gasteiger partial charge on any atom is 0.239 e. The Morgan fingerprint density at radius 1 is 1.12 bits per heavy atom. The molecule has 4 aromatic rings. The highest BCUT2D eigenvalue weighted by Gasteiger charge is 2.31. The topological polar surface area (TPSA) is 36.9 Å². The van der Waals surface area contributed by atoms with Crippen LogP contribution in [0.2, 0.25) is 0 Å². The first-order chi connectivity index (χ1) is 16.5. The van der Waals surface area contributed by atoms with E-state index in [0.29, 0.717) is 18.4 Å². The van der Waals surface area contributed by atoms with E-state index in [2.05, 4.69) is 65.2 Å². The second-order valence-corrected chi connectivity index (χ2v) is 9.64. The Morgan fingerprint density at radius 3 is 2.68 bits per heavy atom. The quantitative estimate of drug-likeness (QED) is 0.351. The highest BCUT2D eigenvalue weighted by molar-refractivity contribution is 5.87. The van der Waals surface area contributed by atoms with Gasteiger partial charge in [0.05, 0.1) is 5.69 Å². The van der Waals surface area contributed by atoms with Crippen LogP contribution in [-0.2, 0) is 6.42 Å². The van der Waals surface area contributed by atoms with E-state index in [1.165, 1.54) is 33.2 Å². The van der Waals surface area contributed by atoms with Gasteiger partial charge in [-0.25, -0.2) is 13.5 Å². The van der Waals surface area contributed by atoms with Gasteiger partial charge in [0.2, 0.25) is 6.43 Å². The van der Waals surface area contributed by atoms with Crippen LogP contribution in [0.5, 0.6) is 0 Å². The maximum atomic E-state index is 12.9. The number of alkyl halides is 2. The second kappa shape index (κ2) is 9.71. The van der Waals surface area contributed by atoms with Gasteiger partial charge in [-0.15, -0.1) is 0 Å². The van der Waals surface area contributed by atoms with E-state index >= 15 is 0 Å². The van der Waals surface area contributed by atoms with E-state index in [0.717, 1.165) is 31.6 Å². The minimum Gasteiger partial charge on any atom is -0.361 e. The SMILES string of the molecule is Cc1cc(C)c2[nH]ccc2c1CC1CCN(CCC(F)F)CC1c1ccc(-n2cccn2)cc1. The zero-order valence-electron chi connectivity index (χ0n) is 19.8. The summed E-state index contributed by atoms with van der Waals surface area (Å²) in [5, 5.41) is 5.64. The molecule has 0 spiro atoms. The number of aromatic nitrogens is 3. The molecule has 1 fully saturated rings. The molecule has 0 saturated carbocycles. The maximum absolute atomic E-state index is 12.9. The van der Waals surface area contributed by atoms with Crippen LogP contribution >= 0.6 is 0 Å². The predicted octanol–water partition coefficient (Wildman–Crippen LogP) is 6.27. The number of fused-ring (bicyclic) bond motifs is 1. The van der Waals surface area contributed by atoms with Crippen LogP contribution in [0.1, 0.15) is 41.0 Å². The molecule has 0 bridgehead atoms. The fraction of sp³-hybridized carbons (Fsp3) is 0.393. The van der Waals surface area contributed by atoms with E-state index in [4.69, 9.17) is 0 Å². The Labute approximate surface area is 199 Å². The van der Waals surface area contributed by atoms with Gasteiger partial charge in [-0.2, -0.15) is 5.10 Å². The molecule has 4 nitrogen and oxygen atoms in total. The van der Waals surface area contributed by atoms with Crippen molar-refractivity contribution in [1.29, 1.82) is 0 Å². The fourth-order valence-corrected chi connectivity index (χ4v) is 5.65. The highest BCUT2D eigenvalue weighted by Crippen LogP contribution is 2.38. The largest absolute Gasteiger partial charge is 0.361 e. The van der Waals surface area contributed by atoms with E-state index in [9.17, 15) is 8.78 Å². The van der Waals surface area contributed by atoms with E-state index in [1.807, 2.05) is 23.1 Å². The molecule has 3 heterocycles. The average Bonchev–Trinajstić information content (AvgIpc) is 3.54. The number of aryl methyl sites for hydroxylation is 2. The molecule has 5 rings (SSSR count). The first-order valence-corrected chi connectivity index (χ1v) is 12.2. The summed E-state index contributed by atoms with van der Waals surface area (Å²) >= 11 is 0. The molecule has 1 aliphatic heterocycles. The van der Waals surface area contributed by atoms with Crippen LogP contribution in [-0.4, -0.2) is 45.7 Å². The van der Waals surface area contributed by atoms with Crippen molar-refractivity contribution in [3.63, 3.8) is 0 Å². The Balaban J connectivity index is 1.44. The minimum absolute atomic E-state index is 0.0589. The van der Waals surface area contributed by atoms with E-state index < -0.39 is 6.43 Å². The van der Waals surface area contributed by atoms with Crippen LogP contribution in [0, 0.1) is 19.8 Å². The van der Waals surface area contributed by atoms with Crippen LogP contribution in [0.25, 0.3) is 16.6 Å². The van der Waals surface area contributed by atoms with Crippen molar-refractivity contribution in [2.45, 2.75) is 45.5 Å². The van der Waals surface area contributed by atoms with Gasteiger partial charge in [-0.1, -0.05) is 18.2 Å². The van der Waals surface area contributed by atoms with Crippen molar-refractivity contribution < 1.29 is 8.78 Å². The van der Waals surface area contributed by atoms with Gasteiger partial charge >= 0.3 is 0 Å². The summed E-state index contributed by atoms with van der Waals surface area (Å²) in [6.07, 6.45) is 5.43. The summed E-state index contributed by atoms with van der Waals surface area (Å²) in [6.45, 7) is 6.51. The molecule has 1 aliphatic rings. The summed E-state index contributed by atoms with van der Waals surface area (Å²) in [7, 11) is 0. The molecule has 6 heteroatoms. The van der Waals surface area contributed by atoms with Crippen LogP contribution in [0.4, 0.5) is 8.78 Å². The lowest BCUT2D eigenvalue weighted by atomic mass is 9.76. The zero-order chi connectivity index (χ0) is 23.7. The number of nitrogens with one attached hydrogen (secondary N) is 1. The summed E-state index contributed by atoms with van der Waals surface area (Å²) in [5.41, 5.74) is 7.53. The minimum atomic E-state index is -2.25. The van der Waals surface area contributed by atoms with Gasteiger partial charge in [-0.3, -0.25) is 0 Å². The monoisotopic (exact) mass is 462 g/mol. The Bertz CT molecular complexity index is 1230. The molecule has 2 aromatic heterocycles. The zero-order valence-corrected chi connectivity index (χ0v) is 19.8. The molecule has 178 valence electrons. The molecule has 34 heavy (non-hydrogen) atoms. The first kappa shape index (κ1) is 22.8. The first-order valence-electron chi connectivity index (χ1n) is 12.2. The molecule has 0 amide bonds. The molecule has 1 saturated heterocycles. The lowest BCUT2D eigenvalue weighted by Gasteiger charge is -2.39. The normalized spacial score (nSPS) is 19.3. The Kier molecular flexibility index (Phi) is 6.50. The van der Waals surface area contributed by atoms with Crippen LogP contribution in [0.3, 0.4) is 0 Å². The summed E-state index contributed by atoms with van der Waals surface area (Å²) < 4.78 is 27.7. The molecule has 0 aliphatic carbocycles.